The highest BCUT2D eigenvalue weighted by molar-refractivity contribution is 5.93. The Hall–Kier alpha value is -4.77. The minimum Gasteiger partial charge on any atom is -0.493 e. The Labute approximate surface area is 254 Å². The van der Waals surface area contributed by atoms with E-state index in [-0.39, 0.29) is 11.4 Å². The zero-order chi connectivity index (χ0) is 31.1. The first-order valence-electron chi connectivity index (χ1n) is 14.5. The fraction of sp³-hybridized carbons (Fsp3) is 0.303. The number of halogens is 2. The molecule has 9 nitrogen and oxygen atoms in total. The smallest absolute Gasteiger partial charge is 0.340 e. The van der Waals surface area contributed by atoms with Gasteiger partial charge in [-0.05, 0) is 86.3 Å². The molecule has 0 bridgehead atoms. The van der Waals surface area contributed by atoms with Crippen LogP contribution in [0.15, 0.2) is 72.0 Å². The Morgan fingerprint density at radius 3 is 2.57 bits per heavy atom. The molecule has 0 atom stereocenters. The molecule has 2 N–H and O–H groups in total. The van der Waals surface area contributed by atoms with E-state index in [0.29, 0.717) is 45.3 Å². The van der Waals surface area contributed by atoms with Crippen LogP contribution in [0.2, 0.25) is 0 Å². The van der Waals surface area contributed by atoms with Gasteiger partial charge in [0.2, 0.25) is 0 Å². The monoisotopic (exact) mass is 603 g/mol. The number of likely N-dealkylation sites (tertiary alicyclic amines) is 1. The zero-order valence-electron chi connectivity index (χ0n) is 24.7. The lowest BCUT2D eigenvalue weighted by Crippen LogP contribution is -2.34. The van der Waals surface area contributed by atoms with Gasteiger partial charge in [-0.1, -0.05) is 19.1 Å². The van der Waals surface area contributed by atoms with Crippen molar-refractivity contribution in [3.63, 3.8) is 0 Å². The Morgan fingerprint density at radius 1 is 1.05 bits per heavy atom. The van der Waals surface area contributed by atoms with E-state index in [9.17, 15) is 9.18 Å². The van der Waals surface area contributed by atoms with Crippen LogP contribution in [0.1, 0.15) is 31.7 Å². The van der Waals surface area contributed by atoms with Gasteiger partial charge in [0.15, 0.2) is 23.1 Å². The summed E-state index contributed by atoms with van der Waals surface area (Å²) in [6.45, 7) is 6.10. The van der Waals surface area contributed by atoms with Crippen molar-refractivity contribution in [1.82, 2.24) is 9.88 Å². The molecule has 0 aliphatic carbocycles. The molecule has 4 aromatic rings. The Morgan fingerprint density at radius 2 is 1.84 bits per heavy atom. The maximum atomic E-state index is 15.1. The molecule has 1 aliphatic rings. The number of benzene rings is 3. The first-order valence-corrected chi connectivity index (χ1v) is 14.5. The summed E-state index contributed by atoms with van der Waals surface area (Å²) in [5.41, 5.74) is 6.15. The van der Waals surface area contributed by atoms with Crippen molar-refractivity contribution < 1.29 is 27.8 Å². The number of hydrogen-bond donors (Lipinski definition) is 1. The largest absolute Gasteiger partial charge is 0.493 e. The quantitative estimate of drug-likeness (QED) is 0.116. The predicted octanol–water partition coefficient (Wildman–Crippen LogP) is 6.73. The van der Waals surface area contributed by atoms with Crippen LogP contribution in [0.4, 0.5) is 19.3 Å². The van der Waals surface area contributed by atoms with Crippen LogP contribution in [-0.2, 0) is 0 Å². The molecule has 0 unspecified atom stereocenters. The Kier molecular flexibility index (Phi) is 9.86. The molecule has 2 amide bonds. The van der Waals surface area contributed by atoms with Gasteiger partial charge < -0.3 is 24.8 Å². The number of nitrogens with zero attached hydrogens (tertiary/aromatic N) is 4. The van der Waals surface area contributed by atoms with E-state index in [1.807, 2.05) is 0 Å². The number of anilines is 1. The first-order chi connectivity index (χ1) is 21.3. The van der Waals surface area contributed by atoms with E-state index >= 15 is 4.39 Å². The molecule has 0 spiro atoms. The number of pyridine rings is 1. The number of methoxy groups -OCH3 is 1. The summed E-state index contributed by atoms with van der Waals surface area (Å²) in [7, 11) is 1.56. The number of fused-ring (bicyclic) bond motifs is 1. The van der Waals surface area contributed by atoms with Gasteiger partial charge in [-0.15, -0.1) is 0 Å². The molecule has 1 fully saturated rings. The maximum Gasteiger partial charge on any atom is 0.340 e. The third-order valence-corrected chi connectivity index (χ3v) is 7.53. The third kappa shape index (κ3) is 7.41. The van der Waals surface area contributed by atoms with E-state index in [1.54, 1.807) is 43.6 Å². The van der Waals surface area contributed by atoms with Crippen molar-refractivity contribution in [2.45, 2.75) is 26.2 Å². The van der Waals surface area contributed by atoms with Crippen LogP contribution in [0.5, 0.6) is 23.0 Å². The van der Waals surface area contributed by atoms with E-state index in [0.717, 1.165) is 32.0 Å². The number of piperidine rings is 1. The van der Waals surface area contributed by atoms with Crippen LogP contribution in [0.25, 0.3) is 10.9 Å². The average molecular weight is 604 g/mol. The lowest BCUT2D eigenvalue weighted by atomic mass is 9.99. The Balaban J connectivity index is 1.28. The van der Waals surface area contributed by atoms with Crippen LogP contribution < -0.4 is 25.0 Å². The summed E-state index contributed by atoms with van der Waals surface area (Å²) >= 11 is 0. The lowest BCUT2D eigenvalue weighted by molar-refractivity contribution is 0.176. The van der Waals surface area contributed by atoms with Gasteiger partial charge in [-0.3, -0.25) is 4.98 Å². The summed E-state index contributed by atoms with van der Waals surface area (Å²) in [6, 6.07) is 13.9. The number of ether oxygens (including phenoxy) is 3. The standard InChI is InChI=1S/C33H35F2N5O4/c1-22-11-15-39(16-12-22)14-5-17-43-32-20-27-24(19-31(32)42-2)29(10-13-37-27)44-30-9-8-23(18-26(30)35)21-38-40(33(36)41)28-7-4-3-6-25(28)34/h3-4,6-10,13,18-22H,5,11-12,14-17H2,1-2H3,(H2,36,41). The summed E-state index contributed by atoms with van der Waals surface area (Å²) in [5, 5.41) is 5.26. The second-order valence-corrected chi connectivity index (χ2v) is 10.7. The lowest BCUT2D eigenvalue weighted by Gasteiger charge is -2.30. The number of nitrogens with two attached hydrogens (primary N) is 1. The maximum absolute atomic E-state index is 15.1. The van der Waals surface area contributed by atoms with Crippen LogP contribution in [0, 0.1) is 17.6 Å². The number of urea groups is 1. The molecule has 1 saturated heterocycles. The molecule has 5 rings (SSSR count). The SMILES string of the molecule is COc1cc2c(Oc3ccc(C=NN(C(N)=O)c4ccccc4F)cc3F)ccnc2cc1OCCCN1CCC(C)CC1. The van der Waals surface area contributed by atoms with Crippen molar-refractivity contribution in [1.29, 1.82) is 0 Å². The molecular formula is C33H35F2N5O4. The fourth-order valence-electron chi connectivity index (χ4n) is 5.03. The number of primary amides is 1. The topological polar surface area (TPSA) is 103 Å². The van der Waals surface area contributed by atoms with Crippen molar-refractivity contribution in [3.05, 3.63) is 84.1 Å². The molecular weight excluding hydrogens is 568 g/mol. The molecule has 0 radical (unpaired) electrons. The van der Waals surface area contributed by atoms with Crippen molar-refractivity contribution in [2.75, 3.05) is 38.4 Å². The van der Waals surface area contributed by atoms with Gasteiger partial charge in [0.1, 0.15) is 17.3 Å². The number of rotatable bonds is 11. The second kappa shape index (κ2) is 14.1. The molecule has 0 saturated carbocycles. The van der Waals surface area contributed by atoms with Gasteiger partial charge in [-0.25, -0.2) is 13.6 Å². The summed E-state index contributed by atoms with van der Waals surface area (Å²) < 4.78 is 46.9. The molecule has 1 aromatic heterocycles. The molecule has 1 aliphatic heterocycles. The molecule has 3 aromatic carbocycles. The number of para-hydroxylation sites is 1. The minimum atomic E-state index is -0.993. The molecule has 11 heteroatoms. The summed E-state index contributed by atoms with van der Waals surface area (Å²) in [6.07, 6.45) is 6.15. The van der Waals surface area contributed by atoms with Gasteiger partial charge in [-0.2, -0.15) is 10.1 Å². The Bertz CT molecular complexity index is 1640. The highest BCUT2D eigenvalue weighted by atomic mass is 19.1. The zero-order valence-corrected chi connectivity index (χ0v) is 24.7. The number of hydrazone groups is 1. The number of aromatic nitrogens is 1. The van der Waals surface area contributed by atoms with E-state index in [1.165, 1.54) is 49.4 Å². The number of carbonyl (C=O) groups is 1. The van der Waals surface area contributed by atoms with E-state index < -0.39 is 17.7 Å². The van der Waals surface area contributed by atoms with Gasteiger partial charge in [0.05, 0.1) is 25.4 Å². The van der Waals surface area contributed by atoms with Gasteiger partial charge in [0, 0.05) is 24.2 Å². The van der Waals surface area contributed by atoms with Gasteiger partial charge in [0.25, 0.3) is 0 Å². The van der Waals surface area contributed by atoms with Crippen molar-refractivity contribution >= 4 is 28.8 Å². The normalized spacial score (nSPS) is 14.2. The van der Waals surface area contributed by atoms with Crippen molar-refractivity contribution in [3.8, 4) is 23.0 Å². The molecule has 2 heterocycles. The van der Waals surface area contributed by atoms with Crippen molar-refractivity contribution in [2.24, 2.45) is 16.8 Å². The third-order valence-electron chi connectivity index (χ3n) is 7.53. The molecule has 230 valence electrons. The van der Waals surface area contributed by atoms with Crippen LogP contribution in [0.3, 0.4) is 0 Å². The van der Waals surface area contributed by atoms with E-state index in [2.05, 4.69) is 21.9 Å². The minimum absolute atomic E-state index is 0.0399. The fourth-order valence-corrected chi connectivity index (χ4v) is 5.03. The summed E-state index contributed by atoms with van der Waals surface area (Å²) in [5.74, 6) is 0.873. The molecule has 44 heavy (non-hydrogen) atoms. The van der Waals surface area contributed by atoms with Gasteiger partial charge >= 0.3 is 6.03 Å². The predicted molar refractivity (Wildman–Crippen MR) is 166 cm³/mol. The number of carbonyl (C=O) groups excluding carboxylic acids is 1. The van der Waals surface area contributed by atoms with E-state index in [4.69, 9.17) is 19.9 Å². The van der Waals surface area contributed by atoms with Crippen LogP contribution >= 0.6 is 0 Å². The first kappa shape index (κ1) is 30.7. The average Bonchev–Trinajstić information content (AvgIpc) is 3.02. The number of amides is 2. The van der Waals surface area contributed by atoms with Crippen LogP contribution in [-0.4, -0.2) is 55.5 Å². The number of hydrogen-bond acceptors (Lipinski definition) is 7. The summed E-state index contributed by atoms with van der Waals surface area (Å²) in [4.78, 5) is 18.8. The second-order valence-electron chi connectivity index (χ2n) is 10.7. The highest BCUT2D eigenvalue weighted by Crippen LogP contribution is 2.37. The highest BCUT2D eigenvalue weighted by Gasteiger charge is 2.17.